The van der Waals surface area contributed by atoms with Gasteiger partial charge in [0.1, 0.15) is 12.4 Å². The lowest BCUT2D eigenvalue weighted by Crippen LogP contribution is -2.10. The van der Waals surface area contributed by atoms with Crippen LogP contribution in [0, 0.1) is 0 Å². The first-order valence-corrected chi connectivity index (χ1v) is 8.08. The van der Waals surface area contributed by atoms with Crippen LogP contribution < -0.4 is 4.74 Å². The molecule has 0 fully saturated rings. The van der Waals surface area contributed by atoms with E-state index in [2.05, 4.69) is 4.98 Å². The number of hydrogen-bond donors (Lipinski definition) is 0. The second-order valence-corrected chi connectivity index (χ2v) is 5.67. The molecule has 24 heavy (non-hydrogen) atoms. The van der Waals surface area contributed by atoms with E-state index in [1.54, 1.807) is 42.6 Å². The minimum Gasteiger partial charge on any atom is -0.461 e. The molecule has 0 atom stereocenters. The van der Waals surface area contributed by atoms with E-state index in [-0.39, 0.29) is 17.5 Å². The molecular formula is C17H15NO5S. The minimum atomic E-state index is -0.495. The number of rotatable bonds is 6. The van der Waals surface area contributed by atoms with Crippen molar-refractivity contribution in [1.82, 2.24) is 4.98 Å². The van der Waals surface area contributed by atoms with Crippen molar-refractivity contribution >= 4 is 28.8 Å². The maximum absolute atomic E-state index is 12.2. The number of hydrogen-bond acceptors (Lipinski definition) is 7. The van der Waals surface area contributed by atoms with E-state index in [0.29, 0.717) is 16.9 Å². The molecule has 1 aromatic carbocycles. The number of aromatic nitrogens is 1. The summed E-state index contributed by atoms with van der Waals surface area (Å²) in [5.74, 6) is -0.476. The average molecular weight is 345 g/mol. The van der Waals surface area contributed by atoms with Gasteiger partial charge in [-0.1, -0.05) is 23.9 Å². The number of nitrogens with zero attached hydrogens (tertiary/aromatic N) is 1. The standard InChI is InChI=1S/C17H15NO5S/c1-12(19)23-15-7-3-2-6-14(15)17(21)24-10-9-22-16(20)13-5-4-8-18-11-13/h2-8,11H,9-10H2,1H3. The summed E-state index contributed by atoms with van der Waals surface area (Å²) < 4.78 is 10.1. The molecule has 0 bridgehead atoms. The van der Waals surface area contributed by atoms with Gasteiger partial charge >= 0.3 is 11.9 Å². The van der Waals surface area contributed by atoms with Crippen molar-refractivity contribution in [2.75, 3.05) is 12.4 Å². The van der Waals surface area contributed by atoms with E-state index < -0.39 is 11.9 Å². The molecule has 2 rings (SSSR count). The van der Waals surface area contributed by atoms with Crippen LogP contribution in [0.25, 0.3) is 0 Å². The molecule has 6 nitrogen and oxygen atoms in total. The Hall–Kier alpha value is -2.67. The highest BCUT2D eigenvalue weighted by Gasteiger charge is 2.14. The molecule has 1 heterocycles. The summed E-state index contributed by atoms with van der Waals surface area (Å²) in [4.78, 5) is 38.8. The van der Waals surface area contributed by atoms with Crippen LogP contribution in [0.1, 0.15) is 27.6 Å². The summed E-state index contributed by atoms with van der Waals surface area (Å²) in [6.07, 6.45) is 2.97. The molecule has 7 heteroatoms. The highest BCUT2D eigenvalue weighted by atomic mass is 32.2. The van der Waals surface area contributed by atoms with Crippen LogP contribution in [0.3, 0.4) is 0 Å². The first kappa shape index (κ1) is 17.7. The van der Waals surface area contributed by atoms with Crippen LogP contribution in [0.2, 0.25) is 0 Å². The highest BCUT2D eigenvalue weighted by molar-refractivity contribution is 8.14. The molecule has 0 saturated heterocycles. The number of esters is 2. The zero-order chi connectivity index (χ0) is 17.4. The van der Waals surface area contributed by atoms with Gasteiger partial charge in [0, 0.05) is 25.1 Å². The summed E-state index contributed by atoms with van der Waals surface area (Å²) >= 11 is 0.985. The average Bonchev–Trinajstić information content (AvgIpc) is 2.59. The third-order valence-corrected chi connectivity index (χ3v) is 3.66. The fourth-order valence-electron chi connectivity index (χ4n) is 1.79. The van der Waals surface area contributed by atoms with E-state index in [1.807, 2.05) is 0 Å². The van der Waals surface area contributed by atoms with Gasteiger partial charge in [0.15, 0.2) is 0 Å². The Morgan fingerprint density at radius 2 is 1.92 bits per heavy atom. The van der Waals surface area contributed by atoms with Gasteiger partial charge in [-0.05, 0) is 24.3 Å². The molecule has 0 spiro atoms. The fraction of sp³-hybridized carbons (Fsp3) is 0.176. The predicted octanol–water partition coefficient (Wildman–Crippen LogP) is 2.74. The Bertz CT molecular complexity index is 733. The van der Waals surface area contributed by atoms with Gasteiger partial charge in [-0.25, -0.2) is 4.79 Å². The summed E-state index contributed by atoms with van der Waals surface area (Å²) in [7, 11) is 0. The third kappa shape index (κ3) is 5.20. The predicted molar refractivity (Wildman–Crippen MR) is 89.1 cm³/mol. The minimum absolute atomic E-state index is 0.0832. The van der Waals surface area contributed by atoms with Gasteiger partial charge in [-0.15, -0.1) is 0 Å². The number of benzene rings is 1. The highest BCUT2D eigenvalue weighted by Crippen LogP contribution is 2.23. The number of carbonyl (C=O) groups is 3. The lowest BCUT2D eigenvalue weighted by Gasteiger charge is -2.08. The Labute approximate surface area is 143 Å². The molecule has 0 saturated carbocycles. The first-order chi connectivity index (χ1) is 11.6. The number of carbonyl (C=O) groups excluding carboxylic acids is 3. The van der Waals surface area contributed by atoms with Crippen molar-refractivity contribution < 1.29 is 23.9 Å². The molecule has 124 valence electrons. The second kappa shape index (κ2) is 8.83. The quantitative estimate of drug-likeness (QED) is 0.452. The topological polar surface area (TPSA) is 82.6 Å². The van der Waals surface area contributed by atoms with Gasteiger partial charge in [-0.2, -0.15) is 0 Å². The number of ether oxygens (including phenoxy) is 2. The maximum Gasteiger partial charge on any atom is 0.339 e. The van der Waals surface area contributed by atoms with E-state index in [0.717, 1.165) is 11.8 Å². The molecule has 0 aliphatic heterocycles. The number of pyridine rings is 1. The Morgan fingerprint density at radius 1 is 1.12 bits per heavy atom. The fourth-order valence-corrected chi connectivity index (χ4v) is 2.47. The Kier molecular flexibility index (Phi) is 6.51. The van der Waals surface area contributed by atoms with Crippen LogP contribution in [-0.4, -0.2) is 34.4 Å². The van der Waals surface area contributed by atoms with Crippen LogP contribution in [0.15, 0.2) is 48.8 Å². The van der Waals surface area contributed by atoms with Gasteiger partial charge in [0.05, 0.1) is 11.1 Å². The molecule has 2 aromatic rings. The molecule has 1 aromatic heterocycles. The van der Waals surface area contributed by atoms with Crippen molar-refractivity contribution in [2.45, 2.75) is 6.92 Å². The molecular weight excluding hydrogens is 330 g/mol. The molecule has 0 radical (unpaired) electrons. The summed E-state index contributed by atoms with van der Waals surface area (Å²) in [6, 6.07) is 9.73. The SMILES string of the molecule is CC(=O)Oc1ccccc1C(=O)SCCOC(=O)c1cccnc1. The van der Waals surface area contributed by atoms with Crippen molar-refractivity contribution in [3.63, 3.8) is 0 Å². The normalized spacial score (nSPS) is 10.0. The van der Waals surface area contributed by atoms with E-state index >= 15 is 0 Å². The van der Waals surface area contributed by atoms with Gasteiger partial charge in [0.25, 0.3) is 0 Å². The summed E-state index contributed by atoms with van der Waals surface area (Å²) in [6.45, 7) is 1.35. The lowest BCUT2D eigenvalue weighted by molar-refractivity contribution is -0.131. The number of para-hydroxylation sites is 1. The largest absolute Gasteiger partial charge is 0.461 e. The molecule has 0 amide bonds. The van der Waals surface area contributed by atoms with Gasteiger partial charge in [0.2, 0.25) is 5.12 Å². The summed E-state index contributed by atoms with van der Waals surface area (Å²) in [5.41, 5.74) is 0.658. The molecule has 0 N–H and O–H groups in total. The monoisotopic (exact) mass is 345 g/mol. The zero-order valence-corrected chi connectivity index (χ0v) is 13.7. The van der Waals surface area contributed by atoms with Crippen molar-refractivity contribution in [3.8, 4) is 5.75 Å². The van der Waals surface area contributed by atoms with Crippen LogP contribution in [0.5, 0.6) is 5.75 Å². The third-order valence-electron chi connectivity index (χ3n) is 2.81. The zero-order valence-electron chi connectivity index (χ0n) is 12.9. The van der Waals surface area contributed by atoms with E-state index in [4.69, 9.17) is 9.47 Å². The van der Waals surface area contributed by atoms with Gasteiger partial charge < -0.3 is 9.47 Å². The number of thioether (sulfide) groups is 1. The maximum atomic E-state index is 12.2. The molecule has 0 aliphatic carbocycles. The van der Waals surface area contributed by atoms with E-state index in [9.17, 15) is 14.4 Å². The summed E-state index contributed by atoms with van der Waals surface area (Å²) in [5, 5.41) is -0.260. The first-order valence-electron chi connectivity index (χ1n) is 7.09. The van der Waals surface area contributed by atoms with Crippen molar-refractivity contribution in [1.29, 1.82) is 0 Å². The molecule has 0 unspecified atom stereocenters. The van der Waals surface area contributed by atoms with Crippen LogP contribution in [-0.2, 0) is 9.53 Å². The Balaban J connectivity index is 1.84. The van der Waals surface area contributed by atoms with Crippen LogP contribution in [0.4, 0.5) is 0 Å². The van der Waals surface area contributed by atoms with Gasteiger partial charge in [-0.3, -0.25) is 14.6 Å². The smallest absolute Gasteiger partial charge is 0.339 e. The van der Waals surface area contributed by atoms with E-state index in [1.165, 1.54) is 13.1 Å². The van der Waals surface area contributed by atoms with Crippen molar-refractivity contribution in [3.05, 3.63) is 59.9 Å². The Morgan fingerprint density at radius 3 is 2.62 bits per heavy atom. The lowest BCUT2D eigenvalue weighted by atomic mass is 10.2. The molecule has 0 aliphatic rings. The van der Waals surface area contributed by atoms with Crippen molar-refractivity contribution in [2.24, 2.45) is 0 Å². The van der Waals surface area contributed by atoms with Crippen LogP contribution >= 0.6 is 11.8 Å². The second-order valence-electron chi connectivity index (χ2n) is 4.60.